The molecule has 3 nitrogen and oxygen atoms in total. The minimum Gasteiger partial charge on any atom is -0.489 e. The largest absolute Gasteiger partial charge is 0.489 e. The van der Waals surface area contributed by atoms with Gasteiger partial charge in [-0.05, 0) is 37.0 Å². The predicted molar refractivity (Wildman–Crippen MR) is 80.0 cm³/mol. The van der Waals surface area contributed by atoms with E-state index in [0.29, 0.717) is 17.8 Å². The molecule has 0 radical (unpaired) electrons. The topological polar surface area (TPSA) is 43.4 Å². The molecule has 0 aromatic rings. The van der Waals surface area contributed by atoms with E-state index in [1.807, 2.05) is 0 Å². The fraction of sp³-hybridized carbons (Fsp3) is 0.375. The highest BCUT2D eigenvalue weighted by molar-refractivity contribution is 7.95. The SMILES string of the molecule is O=S1(=O)C=CC2=C(OCC3=CC=C(C(F)(F)F)CC3)C=CCC21. The molecule has 0 saturated carbocycles. The van der Waals surface area contributed by atoms with Gasteiger partial charge in [0.1, 0.15) is 12.4 Å². The molecular formula is C16H15F3O3S. The Bertz CT molecular complexity index is 765. The standard InChI is InChI=1S/C16H15F3O3S/c17-16(18,19)12-6-4-11(5-7-12)10-22-14-2-1-3-15-13(14)8-9-23(15,20)21/h1-2,4,6,8-9,15H,3,5,7,10H2. The molecule has 1 unspecified atom stereocenters. The van der Waals surface area contributed by atoms with Crippen molar-refractivity contribution in [1.82, 2.24) is 0 Å². The Balaban J connectivity index is 1.70. The van der Waals surface area contributed by atoms with E-state index in [9.17, 15) is 21.6 Å². The van der Waals surface area contributed by atoms with E-state index < -0.39 is 26.8 Å². The van der Waals surface area contributed by atoms with Crippen LogP contribution < -0.4 is 0 Å². The Kier molecular flexibility index (Phi) is 4.00. The number of hydrogen-bond acceptors (Lipinski definition) is 3. The molecule has 2 aliphatic carbocycles. The lowest BCUT2D eigenvalue weighted by Gasteiger charge is -2.20. The van der Waals surface area contributed by atoms with Crippen molar-refractivity contribution in [1.29, 1.82) is 0 Å². The third-order valence-corrected chi connectivity index (χ3v) is 5.85. The zero-order valence-electron chi connectivity index (χ0n) is 12.1. The van der Waals surface area contributed by atoms with E-state index in [1.54, 1.807) is 12.2 Å². The van der Waals surface area contributed by atoms with Crippen LogP contribution in [-0.4, -0.2) is 26.5 Å². The molecule has 23 heavy (non-hydrogen) atoms. The van der Waals surface area contributed by atoms with Crippen LogP contribution in [0.25, 0.3) is 0 Å². The third-order valence-electron chi connectivity index (χ3n) is 4.10. The Morgan fingerprint density at radius 3 is 2.61 bits per heavy atom. The summed E-state index contributed by atoms with van der Waals surface area (Å²) < 4.78 is 67.0. The van der Waals surface area contributed by atoms with Gasteiger partial charge in [0.15, 0.2) is 9.84 Å². The van der Waals surface area contributed by atoms with Crippen molar-refractivity contribution in [3.8, 4) is 0 Å². The van der Waals surface area contributed by atoms with Crippen molar-refractivity contribution in [2.24, 2.45) is 0 Å². The molecule has 0 bridgehead atoms. The second-order valence-corrected chi connectivity index (χ2v) is 7.66. The molecule has 1 aliphatic heterocycles. The van der Waals surface area contributed by atoms with Crippen LogP contribution in [0, 0.1) is 0 Å². The Morgan fingerprint density at radius 2 is 1.96 bits per heavy atom. The maximum Gasteiger partial charge on any atom is 0.412 e. The molecule has 0 saturated heterocycles. The summed E-state index contributed by atoms with van der Waals surface area (Å²) in [4.78, 5) is 0. The number of ether oxygens (including phenoxy) is 1. The van der Waals surface area contributed by atoms with Crippen LogP contribution in [0.5, 0.6) is 0 Å². The van der Waals surface area contributed by atoms with Crippen molar-refractivity contribution in [3.05, 3.63) is 58.3 Å². The fourth-order valence-corrected chi connectivity index (χ4v) is 4.24. The number of allylic oxidation sites excluding steroid dienone is 6. The van der Waals surface area contributed by atoms with Gasteiger partial charge < -0.3 is 4.74 Å². The summed E-state index contributed by atoms with van der Waals surface area (Å²) in [6, 6.07) is 0. The fourth-order valence-electron chi connectivity index (χ4n) is 2.78. The van der Waals surface area contributed by atoms with Crippen LogP contribution in [0.4, 0.5) is 13.2 Å². The summed E-state index contributed by atoms with van der Waals surface area (Å²) in [5.41, 5.74) is 0.840. The number of sulfone groups is 1. The number of alkyl halides is 3. The molecule has 7 heteroatoms. The van der Waals surface area contributed by atoms with Gasteiger partial charge in [-0.15, -0.1) is 0 Å². The minimum absolute atomic E-state index is 0.0582. The summed E-state index contributed by atoms with van der Waals surface area (Å²) in [7, 11) is -3.27. The van der Waals surface area contributed by atoms with Crippen molar-refractivity contribution in [3.63, 3.8) is 0 Å². The molecular weight excluding hydrogens is 329 g/mol. The van der Waals surface area contributed by atoms with E-state index in [1.165, 1.54) is 17.6 Å². The van der Waals surface area contributed by atoms with Crippen LogP contribution in [0.2, 0.25) is 0 Å². The first-order chi connectivity index (χ1) is 10.8. The average molecular weight is 344 g/mol. The van der Waals surface area contributed by atoms with Gasteiger partial charge in [0.25, 0.3) is 0 Å². The van der Waals surface area contributed by atoms with Gasteiger partial charge in [-0.3, -0.25) is 0 Å². The molecule has 0 N–H and O–H groups in total. The molecule has 124 valence electrons. The van der Waals surface area contributed by atoms with E-state index in [-0.39, 0.29) is 19.4 Å². The van der Waals surface area contributed by atoms with E-state index in [2.05, 4.69) is 0 Å². The van der Waals surface area contributed by atoms with Gasteiger partial charge in [0.05, 0.1) is 5.25 Å². The number of hydrogen-bond donors (Lipinski definition) is 0. The Morgan fingerprint density at radius 1 is 1.17 bits per heavy atom. The minimum atomic E-state index is -4.28. The third kappa shape index (κ3) is 3.29. The maximum atomic E-state index is 12.6. The summed E-state index contributed by atoms with van der Waals surface area (Å²) >= 11 is 0. The molecule has 1 atom stereocenters. The van der Waals surface area contributed by atoms with Crippen LogP contribution in [0.1, 0.15) is 19.3 Å². The van der Waals surface area contributed by atoms with E-state index in [0.717, 1.165) is 11.6 Å². The highest BCUT2D eigenvalue weighted by Gasteiger charge is 2.35. The highest BCUT2D eigenvalue weighted by Crippen LogP contribution is 2.35. The van der Waals surface area contributed by atoms with Crippen LogP contribution >= 0.6 is 0 Å². The second kappa shape index (κ2) is 5.70. The van der Waals surface area contributed by atoms with Gasteiger partial charge in [-0.2, -0.15) is 13.2 Å². The van der Waals surface area contributed by atoms with Crippen LogP contribution in [0.3, 0.4) is 0 Å². The van der Waals surface area contributed by atoms with E-state index in [4.69, 9.17) is 4.74 Å². The summed E-state index contributed by atoms with van der Waals surface area (Å²) in [5, 5.41) is 0.584. The Labute approximate surface area is 132 Å². The first-order valence-corrected chi connectivity index (χ1v) is 8.79. The van der Waals surface area contributed by atoms with Gasteiger partial charge in [0.2, 0.25) is 0 Å². The molecule has 0 fully saturated rings. The number of halogens is 3. The number of fused-ring (bicyclic) bond motifs is 1. The molecule has 0 aromatic carbocycles. The normalized spacial score (nSPS) is 26.0. The smallest absolute Gasteiger partial charge is 0.412 e. The van der Waals surface area contributed by atoms with Gasteiger partial charge in [-0.1, -0.05) is 18.2 Å². The second-order valence-electron chi connectivity index (χ2n) is 5.64. The summed E-state index contributed by atoms with van der Waals surface area (Å²) in [6.45, 7) is 0.158. The lowest BCUT2D eigenvalue weighted by molar-refractivity contribution is -0.0941. The average Bonchev–Trinajstić information content (AvgIpc) is 2.81. The molecule has 3 rings (SSSR count). The van der Waals surface area contributed by atoms with Crippen LogP contribution in [-0.2, 0) is 14.6 Å². The quantitative estimate of drug-likeness (QED) is 0.783. The van der Waals surface area contributed by atoms with Crippen molar-refractivity contribution in [2.45, 2.75) is 30.7 Å². The molecule has 0 amide bonds. The van der Waals surface area contributed by atoms with Crippen molar-refractivity contribution in [2.75, 3.05) is 6.61 Å². The van der Waals surface area contributed by atoms with Gasteiger partial charge in [-0.25, -0.2) is 8.42 Å². The zero-order valence-corrected chi connectivity index (χ0v) is 13.0. The molecule has 3 aliphatic rings. The lowest BCUT2D eigenvalue weighted by atomic mass is 9.98. The highest BCUT2D eigenvalue weighted by atomic mass is 32.2. The lowest BCUT2D eigenvalue weighted by Crippen LogP contribution is -2.19. The Hall–Kier alpha value is -1.76. The maximum absolute atomic E-state index is 12.6. The monoisotopic (exact) mass is 344 g/mol. The van der Waals surface area contributed by atoms with Crippen LogP contribution in [0.15, 0.2) is 58.3 Å². The zero-order chi connectivity index (χ0) is 16.7. The van der Waals surface area contributed by atoms with Gasteiger partial charge >= 0.3 is 6.18 Å². The summed E-state index contributed by atoms with van der Waals surface area (Å²) in [5.74, 6) is 0.477. The summed E-state index contributed by atoms with van der Waals surface area (Å²) in [6.07, 6.45) is 3.88. The first-order valence-electron chi connectivity index (χ1n) is 7.19. The van der Waals surface area contributed by atoms with Gasteiger partial charge in [0, 0.05) is 16.6 Å². The molecule has 0 aromatic heterocycles. The predicted octanol–water partition coefficient (Wildman–Crippen LogP) is 3.74. The van der Waals surface area contributed by atoms with Crippen molar-refractivity contribution >= 4 is 9.84 Å². The first kappa shape index (κ1) is 16.1. The molecule has 0 spiro atoms. The van der Waals surface area contributed by atoms with Crippen molar-refractivity contribution < 1.29 is 26.3 Å². The number of rotatable bonds is 3. The van der Waals surface area contributed by atoms with E-state index >= 15 is 0 Å². The molecule has 1 heterocycles.